The van der Waals surface area contributed by atoms with Crippen LogP contribution in [0, 0.1) is 0 Å². The van der Waals surface area contributed by atoms with Gasteiger partial charge in [-0.15, -0.1) is 5.10 Å². The molecule has 1 aromatic heterocycles. The third-order valence-corrected chi connectivity index (χ3v) is 4.05. The normalized spacial score (nSPS) is 11.8. The van der Waals surface area contributed by atoms with Gasteiger partial charge >= 0.3 is 0 Å². The Morgan fingerprint density at radius 1 is 0.958 bits per heavy atom. The molecule has 2 N–H and O–H groups in total. The van der Waals surface area contributed by atoms with Gasteiger partial charge in [-0.2, -0.15) is 10.1 Å². The number of anilines is 3. The van der Waals surface area contributed by atoms with E-state index in [1.54, 1.807) is 24.4 Å². The van der Waals surface area contributed by atoms with Crippen molar-refractivity contribution in [1.29, 1.82) is 0 Å². The van der Waals surface area contributed by atoms with Crippen molar-refractivity contribution in [2.24, 2.45) is 0 Å². The fourth-order valence-electron chi connectivity index (χ4n) is 2.20. The van der Waals surface area contributed by atoms with Crippen LogP contribution in [0.25, 0.3) is 0 Å². The van der Waals surface area contributed by atoms with Gasteiger partial charge in [0.2, 0.25) is 5.95 Å². The van der Waals surface area contributed by atoms with E-state index in [9.17, 15) is 0 Å². The Morgan fingerprint density at radius 3 is 2.38 bits per heavy atom. The summed E-state index contributed by atoms with van der Waals surface area (Å²) < 4.78 is 0. The van der Waals surface area contributed by atoms with E-state index in [4.69, 9.17) is 23.2 Å². The van der Waals surface area contributed by atoms with E-state index in [2.05, 4.69) is 44.9 Å². The Bertz CT molecular complexity index is 806. The van der Waals surface area contributed by atoms with E-state index >= 15 is 0 Å². The highest BCUT2D eigenvalue weighted by molar-refractivity contribution is 6.39. The van der Waals surface area contributed by atoms with Crippen molar-refractivity contribution in [3.05, 3.63) is 70.3 Å². The van der Waals surface area contributed by atoms with Crippen LogP contribution in [0.4, 0.5) is 17.5 Å². The smallest absolute Gasteiger partial charge is 0.249 e. The number of hydrogen-bond acceptors (Lipinski definition) is 5. The average molecular weight is 360 g/mol. The number of halogens is 2. The fraction of sp³-hybridized carbons (Fsp3) is 0.118. The summed E-state index contributed by atoms with van der Waals surface area (Å²) in [5.41, 5.74) is 1.70. The van der Waals surface area contributed by atoms with Crippen LogP contribution in [0.3, 0.4) is 0 Å². The van der Waals surface area contributed by atoms with Gasteiger partial charge in [0.1, 0.15) is 0 Å². The Balaban J connectivity index is 1.77. The zero-order valence-electron chi connectivity index (χ0n) is 12.9. The predicted molar refractivity (Wildman–Crippen MR) is 98.1 cm³/mol. The van der Waals surface area contributed by atoms with Crippen LogP contribution >= 0.6 is 23.2 Å². The number of para-hydroxylation sites is 1. The monoisotopic (exact) mass is 359 g/mol. The molecular formula is C17H15Cl2N5. The van der Waals surface area contributed by atoms with Crippen LogP contribution in [0.2, 0.25) is 10.0 Å². The zero-order valence-corrected chi connectivity index (χ0v) is 14.4. The first-order valence-corrected chi connectivity index (χ1v) is 8.11. The maximum Gasteiger partial charge on any atom is 0.249 e. The van der Waals surface area contributed by atoms with Crippen LogP contribution in [0.1, 0.15) is 18.5 Å². The molecule has 0 bridgehead atoms. The maximum absolute atomic E-state index is 6.15. The lowest BCUT2D eigenvalue weighted by atomic mass is 10.1. The molecule has 0 spiro atoms. The summed E-state index contributed by atoms with van der Waals surface area (Å²) in [6.07, 6.45) is 1.57. The predicted octanol–water partition coefficient (Wildman–Crippen LogP) is 5.10. The van der Waals surface area contributed by atoms with Crippen LogP contribution < -0.4 is 10.6 Å². The second-order valence-corrected chi connectivity index (χ2v) is 5.98. The molecule has 1 heterocycles. The lowest BCUT2D eigenvalue weighted by Crippen LogP contribution is -2.10. The van der Waals surface area contributed by atoms with Gasteiger partial charge in [-0.3, -0.25) is 0 Å². The largest absolute Gasteiger partial charge is 0.362 e. The highest BCUT2D eigenvalue weighted by Crippen LogP contribution is 2.31. The Hall–Kier alpha value is -2.37. The van der Waals surface area contributed by atoms with Gasteiger partial charge in [0, 0.05) is 6.04 Å². The lowest BCUT2D eigenvalue weighted by Gasteiger charge is -2.15. The summed E-state index contributed by atoms with van der Waals surface area (Å²) in [5.74, 6) is 0.919. The minimum Gasteiger partial charge on any atom is -0.362 e. The molecule has 24 heavy (non-hydrogen) atoms. The topological polar surface area (TPSA) is 62.7 Å². The van der Waals surface area contributed by atoms with Crippen molar-refractivity contribution < 1.29 is 0 Å². The molecule has 3 aromatic rings. The number of nitrogens with one attached hydrogen (secondary N) is 2. The molecule has 122 valence electrons. The molecule has 0 amide bonds. The van der Waals surface area contributed by atoms with Gasteiger partial charge in [0.05, 0.1) is 21.9 Å². The molecule has 0 radical (unpaired) electrons. The molecule has 0 aliphatic rings. The Morgan fingerprint density at radius 2 is 1.67 bits per heavy atom. The first kappa shape index (κ1) is 16.5. The summed E-state index contributed by atoms with van der Waals surface area (Å²) >= 11 is 12.3. The summed E-state index contributed by atoms with van der Waals surface area (Å²) in [6, 6.07) is 15.4. The molecular weight excluding hydrogens is 345 g/mol. The summed E-state index contributed by atoms with van der Waals surface area (Å²) in [4.78, 5) is 4.40. The van der Waals surface area contributed by atoms with Crippen LogP contribution in [0.15, 0.2) is 54.7 Å². The molecule has 0 aliphatic heterocycles. The van der Waals surface area contributed by atoms with Crippen LogP contribution in [-0.2, 0) is 0 Å². The highest BCUT2D eigenvalue weighted by Gasteiger charge is 2.10. The minimum atomic E-state index is 0.0830. The van der Waals surface area contributed by atoms with Gasteiger partial charge < -0.3 is 10.6 Å². The molecule has 0 aliphatic carbocycles. The average Bonchev–Trinajstić information content (AvgIpc) is 2.59. The van der Waals surface area contributed by atoms with Crippen LogP contribution in [-0.4, -0.2) is 15.2 Å². The van der Waals surface area contributed by atoms with Crippen molar-refractivity contribution in [2.75, 3.05) is 10.6 Å². The third kappa shape index (κ3) is 3.93. The van der Waals surface area contributed by atoms with E-state index in [-0.39, 0.29) is 6.04 Å². The molecule has 2 aromatic carbocycles. The Labute approximate surface area is 150 Å². The second-order valence-electron chi connectivity index (χ2n) is 5.16. The summed E-state index contributed by atoms with van der Waals surface area (Å²) in [5, 5.41) is 15.2. The second kappa shape index (κ2) is 7.47. The molecule has 1 unspecified atom stereocenters. The minimum absolute atomic E-state index is 0.0830. The first-order valence-electron chi connectivity index (χ1n) is 7.36. The summed E-state index contributed by atoms with van der Waals surface area (Å²) in [7, 11) is 0. The van der Waals surface area contributed by atoms with Gasteiger partial charge in [-0.25, -0.2) is 0 Å². The number of aromatic nitrogens is 3. The fourth-order valence-corrected chi connectivity index (χ4v) is 2.69. The number of benzene rings is 2. The molecule has 0 saturated carbocycles. The summed E-state index contributed by atoms with van der Waals surface area (Å²) in [6.45, 7) is 2.05. The van der Waals surface area contributed by atoms with Gasteiger partial charge in [0.15, 0.2) is 5.82 Å². The number of hydrogen-bond donors (Lipinski definition) is 2. The van der Waals surface area contributed by atoms with Crippen molar-refractivity contribution >= 4 is 40.7 Å². The third-order valence-electron chi connectivity index (χ3n) is 3.42. The van der Waals surface area contributed by atoms with Gasteiger partial charge in [-0.05, 0) is 24.6 Å². The van der Waals surface area contributed by atoms with E-state index in [1.807, 2.05) is 18.2 Å². The molecule has 0 saturated heterocycles. The highest BCUT2D eigenvalue weighted by atomic mass is 35.5. The number of nitrogens with zero attached hydrogens (tertiary/aromatic N) is 3. The van der Waals surface area contributed by atoms with E-state index in [0.29, 0.717) is 27.5 Å². The molecule has 3 rings (SSSR count). The lowest BCUT2D eigenvalue weighted by molar-refractivity contribution is 0.861. The van der Waals surface area contributed by atoms with Crippen molar-refractivity contribution in [1.82, 2.24) is 15.2 Å². The quantitative estimate of drug-likeness (QED) is 0.663. The van der Waals surface area contributed by atoms with Crippen molar-refractivity contribution in [2.45, 2.75) is 13.0 Å². The first-order chi connectivity index (χ1) is 11.6. The SMILES string of the molecule is CC(Nc1cnnc(Nc2c(Cl)cccc2Cl)n1)c1ccccc1. The number of rotatable bonds is 5. The molecule has 7 heteroatoms. The van der Waals surface area contributed by atoms with Gasteiger partial charge in [0.25, 0.3) is 0 Å². The molecule has 1 atom stereocenters. The van der Waals surface area contributed by atoms with Crippen molar-refractivity contribution in [3.63, 3.8) is 0 Å². The van der Waals surface area contributed by atoms with E-state index in [0.717, 1.165) is 5.56 Å². The molecule has 5 nitrogen and oxygen atoms in total. The van der Waals surface area contributed by atoms with E-state index in [1.165, 1.54) is 0 Å². The van der Waals surface area contributed by atoms with E-state index < -0.39 is 0 Å². The zero-order chi connectivity index (χ0) is 16.9. The maximum atomic E-state index is 6.15. The molecule has 0 fully saturated rings. The standard InChI is InChI=1S/C17H15Cl2N5/c1-11(12-6-3-2-4-7-12)21-15-10-20-24-17(22-15)23-16-13(18)8-5-9-14(16)19/h2-11H,1H3,(H2,21,22,23,24). The Kier molecular flexibility index (Phi) is 5.13. The van der Waals surface area contributed by atoms with Crippen molar-refractivity contribution in [3.8, 4) is 0 Å². The van der Waals surface area contributed by atoms with Crippen LogP contribution in [0.5, 0.6) is 0 Å². The van der Waals surface area contributed by atoms with Gasteiger partial charge in [-0.1, -0.05) is 59.6 Å².